The van der Waals surface area contributed by atoms with Crippen LogP contribution in [0.25, 0.3) is 0 Å². The molecule has 0 spiro atoms. The third kappa shape index (κ3) is 4.42. The van der Waals surface area contributed by atoms with Gasteiger partial charge in [-0.3, -0.25) is 0 Å². The standard InChI is InChI=1S/C13H17F3N2O2S/c14-13(15,16)11-4-3-5-12(10-11)21(19,20)17-6-9-18-7-1-2-8-18/h3-5,10,17H,1-2,6-9H2. The lowest BCUT2D eigenvalue weighted by Crippen LogP contribution is -2.33. The van der Waals surface area contributed by atoms with Gasteiger partial charge in [0.05, 0.1) is 10.5 Å². The van der Waals surface area contributed by atoms with Gasteiger partial charge in [-0.25, -0.2) is 13.1 Å². The number of halogens is 3. The zero-order valence-corrected chi connectivity index (χ0v) is 12.2. The summed E-state index contributed by atoms with van der Waals surface area (Å²) in [6.07, 6.45) is -2.36. The summed E-state index contributed by atoms with van der Waals surface area (Å²) in [6.45, 7) is 2.63. The first kappa shape index (κ1) is 16.3. The van der Waals surface area contributed by atoms with Crippen molar-refractivity contribution in [1.29, 1.82) is 0 Å². The number of hydrogen-bond donors (Lipinski definition) is 1. The molecule has 1 saturated heterocycles. The molecule has 1 heterocycles. The number of benzene rings is 1. The summed E-state index contributed by atoms with van der Waals surface area (Å²) in [7, 11) is -3.91. The summed E-state index contributed by atoms with van der Waals surface area (Å²) < 4.78 is 64.1. The quantitative estimate of drug-likeness (QED) is 0.903. The summed E-state index contributed by atoms with van der Waals surface area (Å²) >= 11 is 0. The van der Waals surface area contributed by atoms with Gasteiger partial charge in [0.25, 0.3) is 0 Å². The molecule has 1 aliphatic heterocycles. The molecule has 118 valence electrons. The van der Waals surface area contributed by atoms with Gasteiger partial charge in [0.15, 0.2) is 0 Å². The number of sulfonamides is 1. The van der Waals surface area contributed by atoms with Crippen molar-refractivity contribution in [3.05, 3.63) is 29.8 Å². The first-order valence-electron chi connectivity index (χ1n) is 6.68. The zero-order valence-electron chi connectivity index (χ0n) is 11.4. The van der Waals surface area contributed by atoms with Crippen molar-refractivity contribution >= 4 is 10.0 Å². The molecule has 1 aliphatic rings. The van der Waals surface area contributed by atoms with Crippen LogP contribution in [-0.2, 0) is 16.2 Å². The maximum Gasteiger partial charge on any atom is 0.416 e. The van der Waals surface area contributed by atoms with Gasteiger partial charge in [0, 0.05) is 13.1 Å². The molecule has 4 nitrogen and oxygen atoms in total. The van der Waals surface area contributed by atoms with Crippen LogP contribution in [0, 0.1) is 0 Å². The van der Waals surface area contributed by atoms with Crippen molar-refractivity contribution in [2.24, 2.45) is 0 Å². The predicted molar refractivity (Wildman–Crippen MR) is 72.3 cm³/mol. The van der Waals surface area contributed by atoms with Crippen molar-refractivity contribution in [3.8, 4) is 0 Å². The molecule has 1 N–H and O–H groups in total. The van der Waals surface area contributed by atoms with Crippen LogP contribution in [0.4, 0.5) is 13.2 Å². The maximum atomic E-state index is 12.6. The average Bonchev–Trinajstić information content (AvgIpc) is 2.91. The summed E-state index contributed by atoms with van der Waals surface area (Å²) in [5.74, 6) is 0. The Balaban J connectivity index is 2.01. The first-order valence-corrected chi connectivity index (χ1v) is 8.17. The van der Waals surface area contributed by atoms with Crippen LogP contribution in [0.3, 0.4) is 0 Å². The number of likely N-dealkylation sites (tertiary alicyclic amines) is 1. The molecular formula is C13H17F3N2O2S. The van der Waals surface area contributed by atoms with E-state index in [-0.39, 0.29) is 11.4 Å². The smallest absolute Gasteiger partial charge is 0.302 e. The topological polar surface area (TPSA) is 49.4 Å². The molecule has 1 fully saturated rings. The van der Waals surface area contributed by atoms with E-state index in [4.69, 9.17) is 0 Å². The van der Waals surface area contributed by atoms with Crippen LogP contribution in [0.5, 0.6) is 0 Å². The van der Waals surface area contributed by atoms with Crippen molar-refractivity contribution in [3.63, 3.8) is 0 Å². The molecule has 0 radical (unpaired) electrons. The Labute approximate surface area is 122 Å². The van der Waals surface area contributed by atoms with E-state index in [9.17, 15) is 21.6 Å². The zero-order chi connectivity index (χ0) is 15.5. The van der Waals surface area contributed by atoms with E-state index in [2.05, 4.69) is 9.62 Å². The number of nitrogens with one attached hydrogen (secondary N) is 1. The molecule has 0 amide bonds. The summed E-state index contributed by atoms with van der Waals surface area (Å²) in [5.41, 5.74) is -0.968. The molecule has 0 aliphatic carbocycles. The Morgan fingerprint density at radius 2 is 1.86 bits per heavy atom. The van der Waals surface area contributed by atoms with Crippen LogP contribution < -0.4 is 4.72 Å². The lowest BCUT2D eigenvalue weighted by Gasteiger charge is -2.15. The van der Waals surface area contributed by atoms with Crippen LogP contribution >= 0.6 is 0 Å². The van der Waals surface area contributed by atoms with Crippen molar-refractivity contribution in [2.75, 3.05) is 26.2 Å². The fourth-order valence-electron chi connectivity index (χ4n) is 2.27. The SMILES string of the molecule is O=S(=O)(NCCN1CCCC1)c1cccc(C(F)(F)F)c1. The van der Waals surface area contributed by atoms with E-state index in [1.807, 2.05) is 0 Å². The van der Waals surface area contributed by atoms with Gasteiger partial charge in [-0.1, -0.05) is 6.07 Å². The number of rotatable bonds is 5. The fourth-order valence-corrected chi connectivity index (χ4v) is 3.33. The van der Waals surface area contributed by atoms with Gasteiger partial charge in [-0.05, 0) is 44.1 Å². The molecule has 8 heteroatoms. The fraction of sp³-hybridized carbons (Fsp3) is 0.538. The molecular weight excluding hydrogens is 305 g/mol. The second kappa shape index (κ2) is 6.33. The van der Waals surface area contributed by atoms with Gasteiger partial charge >= 0.3 is 6.18 Å². The number of hydrogen-bond acceptors (Lipinski definition) is 3. The summed E-state index contributed by atoms with van der Waals surface area (Å²) in [5, 5.41) is 0. The van der Waals surface area contributed by atoms with E-state index in [0.717, 1.165) is 44.1 Å². The maximum absolute atomic E-state index is 12.6. The molecule has 0 bridgehead atoms. The minimum atomic E-state index is -4.55. The Bertz CT molecular complexity index is 581. The lowest BCUT2D eigenvalue weighted by atomic mass is 10.2. The van der Waals surface area contributed by atoms with Crippen LogP contribution in [0.2, 0.25) is 0 Å². The molecule has 0 saturated carbocycles. The molecule has 0 unspecified atom stereocenters. The number of alkyl halides is 3. The van der Waals surface area contributed by atoms with Crippen molar-refractivity contribution < 1.29 is 21.6 Å². The largest absolute Gasteiger partial charge is 0.416 e. The highest BCUT2D eigenvalue weighted by molar-refractivity contribution is 7.89. The van der Waals surface area contributed by atoms with Crippen LogP contribution in [-0.4, -0.2) is 39.5 Å². The van der Waals surface area contributed by atoms with Crippen LogP contribution in [0.15, 0.2) is 29.2 Å². The second-order valence-electron chi connectivity index (χ2n) is 4.97. The monoisotopic (exact) mass is 322 g/mol. The Hall–Kier alpha value is -1.12. The van der Waals surface area contributed by atoms with E-state index in [0.29, 0.717) is 12.6 Å². The van der Waals surface area contributed by atoms with Gasteiger partial charge in [0.2, 0.25) is 10.0 Å². The van der Waals surface area contributed by atoms with E-state index >= 15 is 0 Å². The van der Waals surface area contributed by atoms with Crippen LogP contribution in [0.1, 0.15) is 18.4 Å². The Morgan fingerprint density at radius 3 is 2.48 bits per heavy atom. The van der Waals surface area contributed by atoms with E-state index in [1.165, 1.54) is 0 Å². The molecule has 2 rings (SSSR count). The average molecular weight is 322 g/mol. The molecule has 1 aromatic carbocycles. The van der Waals surface area contributed by atoms with E-state index in [1.54, 1.807) is 0 Å². The molecule has 0 atom stereocenters. The predicted octanol–water partition coefficient (Wildman–Crippen LogP) is 2.08. The highest BCUT2D eigenvalue weighted by atomic mass is 32.2. The second-order valence-corrected chi connectivity index (χ2v) is 6.74. The molecule has 1 aromatic rings. The summed E-state index contributed by atoms with van der Waals surface area (Å²) in [6, 6.07) is 3.76. The third-order valence-corrected chi connectivity index (χ3v) is 4.85. The van der Waals surface area contributed by atoms with E-state index < -0.39 is 21.8 Å². The minimum Gasteiger partial charge on any atom is -0.302 e. The summed E-state index contributed by atoms with van der Waals surface area (Å²) in [4.78, 5) is 1.76. The normalized spacial score (nSPS) is 17.3. The third-order valence-electron chi connectivity index (χ3n) is 3.39. The minimum absolute atomic E-state index is 0.193. The number of nitrogens with zero attached hydrogens (tertiary/aromatic N) is 1. The Morgan fingerprint density at radius 1 is 1.19 bits per heavy atom. The highest BCUT2D eigenvalue weighted by Gasteiger charge is 2.31. The highest BCUT2D eigenvalue weighted by Crippen LogP contribution is 2.30. The molecule has 21 heavy (non-hydrogen) atoms. The van der Waals surface area contributed by atoms with Crippen molar-refractivity contribution in [1.82, 2.24) is 9.62 Å². The Kier molecular flexibility index (Phi) is 4.90. The molecule has 0 aromatic heterocycles. The lowest BCUT2D eigenvalue weighted by molar-refractivity contribution is -0.137. The van der Waals surface area contributed by atoms with Gasteiger partial charge in [-0.15, -0.1) is 0 Å². The van der Waals surface area contributed by atoms with Crippen molar-refractivity contribution in [2.45, 2.75) is 23.9 Å². The first-order chi connectivity index (χ1) is 9.79. The van der Waals surface area contributed by atoms with Gasteiger partial charge in [0.1, 0.15) is 0 Å². The van der Waals surface area contributed by atoms with Gasteiger partial charge < -0.3 is 4.90 Å². The van der Waals surface area contributed by atoms with Gasteiger partial charge in [-0.2, -0.15) is 13.2 Å².